The van der Waals surface area contributed by atoms with E-state index in [1.165, 1.54) is 0 Å². The third-order valence-electron chi connectivity index (χ3n) is 1.69. The molecular weight excluding hydrogens is 183 g/mol. The molecule has 80 valence electrons. The van der Waals surface area contributed by atoms with Crippen LogP contribution < -0.4 is 5.32 Å². The number of nitrogens with one attached hydrogen (secondary N) is 1. The summed E-state index contributed by atoms with van der Waals surface area (Å²) in [4.78, 5) is 0. The van der Waals surface area contributed by atoms with Gasteiger partial charge < -0.3 is 10.1 Å². The van der Waals surface area contributed by atoms with Gasteiger partial charge in [0.15, 0.2) is 0 Å². The van der Waals surface area contributed by atoms with Crippen LogP contribution in [0.5, 0.6) is 0 Å². The summed E-state index contributed by atoms with van der Waals surface area (Å²) >= 11 is 0. The Balaban J connectivity index is 3.18. The van der Waals surface area contributed by atoms with E-state index < -0.39 is 12.7 Å². The van der Waals surface area contributed by atoms with Crippen molar-refractivity contribution in [3.8, 4) is 0 Å². The summed E-state index contributed by atoms with van der Waals surface area (Å²) in [5.41, 5.74) is 0. The number of hydrogen-bond acceptors (Lipinski definition) is 2. The van der Waals surface area contributed by atoms with Gasteiger partial charge in [-0.25, -0.2) is 0 Å². The third kappa shape index (κ3) is 9.63. The van der Waals surface area contributed by atoms with Crippen LogP contribution >= 0.6 is 0 Å². The molecule has 0 spiro atoms. The Labute approximate surface area is 76.5 Å². The van der Waals surface area contributed by atoms with E-state index in [4.69, 9.17) is 4.74 Å². The standard InChI is InChI=1S/C8H16F3NO/c1-7(13-2)4-3-5-12-6-8(9,10)11/h7,12H,3-6H2,1-2H3. The average Bonchev–Trinajstić information content (AvgIpc) is 2.01. The van der Waals surface area contributed by atoms with Crippen molar-refractivity contribution in [2.24, 2.45) is 0 Å². The van der Waals surface area contributed by atoms with Crippen LogP contribution in [0, 0.1) is 0 Å². The number of halogens is 3. The Kier molecular flexibility index (Phi) is 6.07. The van der Waals surface area contributed by atoms with E-state index >= 15 is 0 Å². The summed E-state index contributed by atoms with van der Waals surface area (Å²) in [6, 6.07) is 0. The van der Waals surface area contributed by atoms with Crippen LogP contribution in [-0.2, 0) is 4.74 Å². The quantitative estimate of drug-likeness (QED) is 0.660. The lowest BCUT2D eigenvalue weighted by Crippen LogP contribution is -2.29. The van der Waals surface area contributed by atoms with Gasteiger partial charge in [-0.1, -0.05) is 0 Å². The second-order valence-corrected chi connectivity index (χ2v) is 2.98. The van der Waals surface area contributed by atoms with Crippen LogP contribution in [0.3, 0.4) is 0 Å². The summed E-state index contributed by atoms with van der Waals surface area (Å²) < 4.78 is 39.8. The van der Waals surface area contributed by atoms with Crippen molar-refractivity contribution in [2.75, 3.05) is 20.2 Å². The molecule has 0 saturated heterocycles. The smallest absolute Gasteiger partial charge is 0.382 e. The molecule has 1 N–H and O–H groups in total. The first-order valence-corrected chi connectivity index (χ1v) is 4.26. The second kappa shape index (κ2) is 6.21. The molecule has 0 amide bonds. The number of methoxy groups -OCH3 is 1. The van der Waals surface area contributed by atoms with Crippen LogP contribution in [-0.4, -0.2) is 32.5 Å². The predicted molar refractivity (Wildman–Crippen MR) is 44.6 cm³/mol. The first-order valence-electron chi connectivity index (χ1n) is 4.26. The van der Waals surface area contributed by atoms with E-state index in [-0.39, 0.29) is 6.10 Å². The lowest BCUT2D eigenvalue weighted by atomic mass is 10.2. The number of hydrogen-bond donors (Lipinski definition) is 1. The Morgan fingerprint density at radius 3 is 2.46 bits per heavy atom. The summed E-state index contributed by atoms with van der Waals surface area (Å²) in [5.74, 6) is 0. The van der Waals surface area contributed by atoms with Crippen LogP contribution in [0.25, 0.3) is 0 Å². The van der Waals surface area contributed by atoms with Crippen LogP contribution in [0.4, 0.5) is 13.2 Å². The number of ether oxygens (including phenoxy) is 1. The molecule has 0 bridgehead atoms. The molecule has 0 aromatic rings. The molecule has 0 heterocycles. The zero-order valence-electron chi connectivity index (χ0n) is 7.95. The lowest BCUT2D eigenvalue weighted by Gasteiger charge is -2.10. The largest absolute Gasteiger partial charge is 0.401 e. The molecule has 2 nitrogen and oxygen atoms in total. The highest BCUT2D eigenvalue weighted by Gasteiger charge is 2.25. The number of rotatable bonds is 6. The minimum absolute atomic E-state index is 0.118. The van der Waals surface area contributed by atoms with Crippen molar-refractivity contribution in [3.05, 3.63) is 0 Å². The normalized spacial score (nSPS) is 14.5. The molecule has 1 atom stereocenters. The van der Waals surface area contributed by atoms with Gasteiger partial charge in [0.1, 0.15) is 0 Å². The van der Waals surface area contributed by atoms with Crippen molar-refractivity contribution in [1.82, 2.24) is 5.32 Å². The zero-order chi connectivity index (χ0) is 10.3. The van der Waals surface area contributed by atoms with Gasteiger partial charge in [-0.3, -0.25) is 0 Å². The molecule has 0 radical (unpaired) electrons. The molecule has 0 aliphatic carbocycles. The Bertz CT molecular complexity index is 127. The lowest BCUT2D eigenvalue weighted by molar-refractivity contribution is -0.124. The highest BCUT2D eigenvalue weighted by molar-refractivity contribution is 4.57. The highest BCUT2D eigenvalue weighted by atomic mass is 19.4. The zero-order valence-corrected chi connectivity index (χ0v) is 7.95. The summed E-state index contributed by atoms with van der Waals surface area (Å²) in [6.45, 7) is 1.37. The minimum atomic E-state index is -4.10. The van der Waals surface area contributed by atoms with E-state index in [1.54, 1.807) is 7.11 Å². The SMILES string of the molecule is COC(C)CCCNCC(F)(F)F. The molecule has 0 rings (SSSR count). The van der Waals surface area contributed by atoms with E-state index in [2.05, 4.69) is 5.32 Å². The number of alkyl halides is 3. The molecular formula is C8H16F3NO. The minimum Gasteiger partial charge on any atom is -0.382 e. The molecule has 0 aromatic heterocycles. The van der Waals surface area contributed by atoms with Crippen molar-refractivity contribution < 1.29 is 17.9 Å². The Hall–Kier alpha value is -0.290. The van der Waals surface area contributed by atoms with Crippen molar-refractivity contribution >= 4 is 0 Å². The van der Waals surface area contributed by atoms with Crippen LogP contribution in [0.15, 0.2) is 0 Å². The van der Waals surface area contributed by atoms with E-state index in [0.29, 0.717) is 13.0 Å². The van der Waals surface area contributed by atoms with Gasteiger partial charge in [-0.15, -0.1) is 0 Å². The van der Waals surface area contributed by atoms with Gasteiger partial charge in [-0.2, -0.15) is 13.2 Å². The topological polar surface area (TPSA) is 21.3 Å². The van der Waals surface area contributed by atoms with Crippen LogP contribution in [0.2, 0.25) is 0 Å². The van der Waals surface area contributed by atoms with Gasteiger partial charge in [0.2, 0.25) is 0 Å². The molecule has 13 heavy (non-hydrogen) atoms. The Morgan fingerprint density at radius 1 is 1.38 bits per heavy atom. The highest BCUT2D eigenvalue weighted by Crippen LogP contribution is 2.12. The summed E-state index contributed by atoms with van der Waals surface area (Å²) in [7, 11) is 1.59. The summed E-state index contributed by atoms with van der Waals surface area (Å²) in [5, 5.41) is 2.32. The maximum absolute atomic E-state index is 11.6. The van der Waals surface area contributed by atoms with Crippen molar-refractivity contribution in [1.29, 1.82) is 0 Å². The van der Waals surface area contributed by atoms with Gasteiger partial charge in [0.05, 0.1) is 12.6 Å². The maximum Gasteiger partial charge on any atom is 0.401 e. The Morgan fingerprint density at radius 2 is 2.00 bits per heavy atom. The fourth-order valence-corrected chi connectivity index (χ4v) is 0.862. The van der Waals surface area contributed by atoms with Gasteiger partial charge in [0.25, 0.3) is 0 Å². The van der Waals surface area contributed by atoms with Gasteiger partial charge in [0, 0.05) is 7.11 Å². The fraction of sp³-hybridized carbons (Fsp3) is 1.00. The van der Waals surface area contributed by atoms with E-state index in [1.807, 2.05) is 6.92 Å². The van der Waals surface area contributed by atoms with Crippen LogP contribution in [0.1, 0.15) is 19.8 Å². The molecule has 0 aliphatic heterocycles. The molecule has 0 aromatic carbocycles. The monoisotopic (exact) mass is 199 g/mol. The predicted octanol–water partition coefficient (Wildman–Crippen LogP) is 1.95. The molecule has 5 heteroatoms. The van der Waals surface area contributed by atoms with Crippen molar-refractivity contribution in [3.63, 3.8) is 0 Å². The first kappa shape index (κ1) is 12.7. The second-order valence-electron chi connectivity index (χ2n) is 2.98. The molecule has 1 unspecified atom stereocenters. The molecule has 0 saturated carbocycles. The van der Waals surface area contributed by atoms with Crippen molar-refractivity contribution in [2.45, 2.75) is 32.0 Å². The first-order chi connectivity index (χ1) is 5.95. The van der Waals surface area contributed by atoms with Gasteiger partial charge >= 0.3 is 6.18 Å². The van der Waals surface area contributed by atoms with E-state index in [9.17, 15) is 13.2 Å². The maximum atomic E-state index is 11.6. The fourth-order valence-electron chi connectivity index (χ4n) is 0.862. The van der Waals surface area contributed by atoms with Gasteiger partial charge in [-0.05, 0) is 26.3 Å². The van der Waals surface area contributed by atoms with E-state index in [0.717, 1.165) is 6.42 Å². The average molecular weight is 199 g/mol. The molecule has 0 fully saturated rings. The molecule has 0 aliphatic rings. The summed E-state index contributed by atoms with van der Waals surface area (Å²) in [6.07, 6.45) is -2.51. The third-order valence-corrected chi connectivity index (χ3v) is 1.69.